The molecule has 0 radical (unpaired) electrons. The highest BCUT2D eigenvalue weighted by molar-refractivity contribution is 14.1. The second-order valence-corrected chi connectivity index (χ2v) is 5.10. The monoisotopic (exact) mass is 384 g/mol. The first-order chi connectivity index (χ1) is 9.60. The van der Waals surface area contributed by atoms with Gasteiger partial charge in [-0.3, -0.25) is 4.79 Å². The van der Waals surface area contributed by atoms with E-state index in [1.54, 1.807) is 24.3 Å². The number of anilines is 1. The van der Waals surface area contributed by atoms with Gasteiger partial charge in [-0.05, 0) is 53.8 Å². The van der Waals surface area contributed by atoms with Crippen molar-refractivity contribution in [3.8, 4) is 11.6 Å². The number of hydrogen-bond donors (Lipinski definition) is 2. The lowest BCUT2D eigenvalue weighted by Gasteiger charge is -2.07. The fraction of sp³-hybridized carbons (Fsp3) is 0.143. The topological polar surface area (TPSA) is 71.5 Å². The maximum absolute atomic E-state index is 12.0. The summed E-state index contributed by atoms with van der Waals surface area (Å²) in [4.78, 5) is 16.1. The summed E-state index contributed by atoms with van der Waals surface area (Å²) >= 11 is 1.99. The molecule has 0 bridgehead atoms. The number of rotatable bonds is 4. The fourth-order valence-corrected chi connectivity index (χ4v) is 1.88. The molecule has 20 heavy (non-hydrogen) atoms. The first-order valence-electron chi connectivity index (χ1n) is 5.99. The number of phenolic OH excluding ortho intramolecular Hbond substituents is 1. The Balaban J connectivity index is 2.08. The molecule has 1 aromatic heterocycles. The van der Waals surface area contributed by atoms with Gasteiger partial charge in [0.2, 0.25) is 5.88 Å². The Bertz CT molecular complexity index is 614. The Morgan fingerprint density at radius 3 is 2.80 bits per heavy atom. The van der Waals surface area contributed by atoms with Crippen molar-refractivity contribution in [1.82, 2.24) is 4.98 Å². The minimum absolute atomic E-state index is 0.0862. The number of aromatic hydroxyl groups is 1. The number of aromatic nitrogens is 1. The number of hydrogen-bond acceptors (Lipinski definition) is 4. The number of phenols is 1. The van der Waals surface area contributed by atoms with Crippen LogP contribution in [-0.2, 0) is 0 Å². The average molecular weight is 384 g/mol. The molecule has 0 spiro atoms. The molecule has 2 N–H and O–H groups in total. The molecular formula is C14H13IN2O3. The summed E-state index contributed by atoms with van der Waals surface area (Å²) in [5.41, 5.74) is 0.952. The van der Waals surface area contributed by atoms with Crippen LogP contribution in [0.1, 0.15) is 17.3 Å². The van der Waals surface area contributed by atoms with Gasteiger partial charge >= 0.3 is 0 Å². The van der Waals surface area contributed by atoms with Crippen LogP contribution >= 0.6 is 22.6 Å². The largest absolute Gasteiger partial charge is 0.507 e. The molecule has 1 amide bonds. The van der Waals surface area contributed by atoms with Gasteiger partial charge in [0.1, 0.15) is 5.75 Å². The molecule has 2 aromatic rings. The molecule has 0 aliphatic carbocycles. The van der Waals surface area contributed by atoms with E-state index in [1.807, 2.05) is 29.5 Å². The van der Waals surface area contributed by atoms with E-state index in [2.05, 4.69) is 10.3 Å². The highest BCUT2D eigenvalue weighted by Gasteiger charge is 2.09. The van der Waals surface area contributed by atoms with E-state index in [1.165, 1.54) is 12.3 Å². The standard InChI is InChI=1S/C14H13IN2O3/c1-2-20-13-6-4-10(8-16-13)17-14(19)9-3-5-11(15)12(18)7-9/h3-8,18H,2H2,1H3,(H,17,19). The summed E-state index contributed by atoms with van der Waals surface area (Å²) < 4.78 is 5.92. The molecule has 2 rings (SSSR count). The van der Waals surface area contributed by atoms with Crippen LogP contribution in [0.15, 0.2) is 36.5 Å². The number of ether oxygens (including phenoxy) is 1. The Morgan fingerprint density at radius 2 is 2.20 bits per heavy atom. The minimum atomic E-state index is -0.303. The van der Waals surface area contributed by atoms with E-state index in [0.29, 0.717) is 27.3 Å². The lowest BCUT2D eigenvalue weighted by Crippen LogP contribution is -2.12. The van der Waals surface area contributed by atoms with E-state index in [4.69, 9.17) is 4.74 Å². The zero-order chi connectivity index (χ0) is 14.5. The summed E-state index contributed by atoms with van der Waals surface area (Å²) in [5.74, 6) is 0.295. The van der Waals surface area contributed by atoms with Crippen LogP contribution in [0.4, 0.5) is 5.69 Å². The lowest BCUT2D eigenvalue weighted by atomic mass is 10.2. The van der Waals surface area contributed by atoms with E-state index in [0.717, 1.165) is 0 Å². The van der Waals surface area contributed by atoms with Crippen molar-refractivity contribution in [2.75, 3.05) is 11.9 Å². The van der Waals surface area contributed by atoms with Crippen LogP contribution in [-0.4, -0.2) is 22.6 Å². The highest BCUT2D eigenvalue weighted by Crippen LogP contribution is 2.21. The summed E-state index contributed by atoms with van der Waals surface area (Å²) in [7, 11) is 0. The Morgan fingerprint density at radius 1 is 1.40 bits per heavy atom. The van der Waals surface area contributed by atoms with Crippen molar-refractivity contribution in [2.45, 2.75) is 6.92 Å². The van der Waals surface area contributed by atoms with Crippen molar-refractivity contribution >= 4 is 34.2 Å². The van der Waals surface area contributed by atoms with Gasteiger partial charge < -0.3 is 15.2 Å². The quantitative estimate of drug-likeness (QED) is 0.796. The van der Waals surface area contributed by atoms with Gasteiger partial charge in [0.15, 0.2) is 0 Å². The van der Waals surface area contributed by atoms with E-state index >= 15 is 0 Å². The summed E-state index contributed by atoms with van der Waals surface area (Å²) in [5, 5.41) is 12.3. The Labute approximate surface area is 130 Å². The van der Waals surface area contributed by atoms with Crippen molar-refractivity contribution < 1.29 is 14.6 Å². The number of nitrogens with zero attached hydrogens (tertiary/aromatic N) is 1. The molecular weight excluding hydrogens is 371 g/mol. The average Bonchev–Trinajstić information content (AvgIpc) is 2.44. The van der Waals surface area contributed by atoms with Crippen molar-refractivity contribution in [1.29, 1.82) is 0 Å². The van der Waals surface area contributed by atoms with Crippen LogP contribution < -0.4 is 10.1 Å². The molecule has 0 aliphatic rings. The van der Waals surface area contributed by atoms with E-state index < -0.39 is 0 Å². The third-order valence-electron chi connectivity index (χ3n) is 2.49. The predicted octanol–water partition coefficient (Wildman–Crippen LogP) is 3.04. The van der Waals surface area contributed by atoms with Crippen LogP contribution in [0.25, 0.3) is 0 Å². The first-order valence-corrected chi connectivity index (χ1v) is 7.06. The molecule has 5 nitrogen and oxygen atoms in total. The van der Waals surface area contributed by atoms with Crippen LogP contribution in [0.2, 0.25) is 0 Å². The van der Waals surface area contributed by atoms with Crippen LogP contribution in [0.3, 0.4) is 0 Å². The molecule has 1 aromatic carbocycles. The number of pyridine rings is 1. The first kappa shape index (κ1) is 14.6. The van der Waals surface area contributed by atoms with Gasteiger partial charge in [0.05, 0.1) is 22.1 Å². The zero-order valence-electron chi connectivity index (χ0n) is 10.8. The molecule has 1 heterocycles. The maximum atomic E-state index is 12.0. The van der Waals surface area contributed by atoms with Crippen molar-refractivity contribution in [3.63, 3.8) is 0 Å². The number of halogens is 1. The molecule has 0 aliphatic heterocycles. The fourth-order valence-electron chi connectivity index (χ4n) is 1.54. The van der Waals surface area contributed by atoms with Crippen molar-refractivity contribution in [2.24, 2.45) is 0 Å². The predicted molar refractivity (Wildman–Crippen MR) is 84.2 cm³/mol. The van der Waals surface area contributed by atoms with Gasteiger partial charge in [-0.2, -0.15) is 0 Å². The summed E-state index contributed by atoms with van der Waals surface area (Å²) in [6.07, 6.45) is 1.52. The number of amides is 1. The molecule has 6 heteroatoms. The second-order valence-electron chi connectivity index (χ2n) is 3.94. The molecule has 0 fully saturated rings. The normalized spacial score (nSPS) is 10.1. The maximum Gasteiger partial charge on any atom is 0.255 e. The van der Waals surface area contributed by atoms with Gasteiger partial charge in [0, 0.05) is 11.6 Å². The van der Waals surface area contributed by atoms with Crippen LogP contribution in [0, 0.1) is 3.57 Å². The molecule has 0 saturated carbocycles. The number of benzene rings is 1. The number of carbonyl (C=O) groups excluding carboxylic acids is 1. The van der Waals surface area contributed by atoms with Gasteiger partial charge in [0.25, 0.3) is 5.91 Å². The molecule has 0 saturated heterocycles. The third kappa shape index (κ3) is 3.60. The molecule has 104 valence electrons. The minimum Gasteiger partial charge on any atom is -0.507 e. The van der Waals surface area contributed by atoms with E-state index in [9.17, 15) is 9.90 Å². The SMILES string of the molecule is CCOc1ccc(NC(=O)c2ccc(I)c(O)c2)cn1. The van der Waals surface area contributed by atoms with Crippen LogP contribution in [0.5, 0.6) is 11.6 Å². The summed E-state index contributed by atoms with van der Waals surface area (Å²) in [6.45, 7) is 2.42. The van der Waals surface area contributed by atoms with Crippen molar-refractivity contribution in [3.05, 3.63) is 45.7 Å². The number of nitrogens with one attached hydrogen (secondary N) is 1. The third-order valence-corrected chi connectivity index (χ3v) is 3.41. The zero-order valence-corrected chi connectivity index (χ0v) is 12.9. The Kier molecular flexibility index (Phi) is 4.78. The highest BCUT2D eigenvalue weighted by atomic mass is 127. The number of carbonyl (C=O) groups is 1. The Hall–Kier alpha value is -1.83. The summed E-state index contributed by atoms with van der Waals surface area (Å²) in [6, 6.07) is 8.16. The molecule has 0 atom stereocenters. The van der Waals surface area contributed by atoms with E-state index in [-0.39, 0.29) is 11.7 Å². The second kappa shape index (κ2) is 6.56. The smallest absolute Gasteiger partial charge is 0.255 e. The molecule has 0 unspecified atom stereocenters. The van der Waals surface area contributed by atoms with Gasteiger partial charge in [-0.1, -0.05) is 0 Å². The van der Waals surface area contributed by atoms with Gasteiger partial charge in [-0.15, -0.1) is 0 Å². The van der Waals surface area contributed by atoms with Gasteiger partial charge in [-0.25, -0.2) is 4.98 Å². The lowest BCUT2D eigenvalue weighted by molar-refractivity contribution is 0.102.